The van der Waals surface area contributed by atoms with Crippen LogP contribution in [0.1, 0.15) is 26.7 Å². The molecule has 1 aromatic carbocycles. The molecule has 0 aliphatic rings. The fraction of sp³-hybridized carbons (Fsp3) is 0.357. The Morgan fingerprint density at radius 3 is 2.47 bits per heavy atom. The SMILES string of the molecule is CCC(CC)Oc1ccccc1NN=C(C#N)C#N. The van der Waals surface area contributed by atoms with Gasteiger partial charge in [-0.3, -0.25) is 5.43 Å². The van der Waals surface area contributed by atoms with Crippen LogP contribution in [0.2, 0.25) is 0 Å². The van der Waals surface area contributed by atoms with E-state index in [1.54, 1.807) is 18.2 Å². The third-order valence-electron chi connectivity index (χ3n) is 2.59. The molecule has 0 unspecified atom stereocenters. The number of para-hydroxylation sites is 2. The van der Waals surface area contributed by atoms with Crippen molar-refractivity contribution >= 4 is 11.4 Å². The third-order valence-corrected chi connectivity index (χ3v) is 2.59. The van der Waals surface area contributed by atoms with Crippen LogP contribution in [0.15, 0.2) is 29.4 Å². The summed E-state index contributed by atoms with van der Waals surface area (Å²) in [5.74, 6) is 0.662. The van der Waals surface area contributed by atoms with E-state index in [0.717, 1.165) is 12.8 Å². The molecule has 0 spiro atoms. The van der Waals surface area contributed by atoms with Gasteiger partial charge < -0.3 is 4.74 Å². The number of hydrogen-bond acceptors (Lipinski definition) is 5. The van der Waals surface area contributed by atoms with Crippen LogP contribution in [0.25, 0.3) is 0 Å². The summed E-state index contributed by atoms with van der Waals surface area (Å²) in [4.78, 5) is 0. The second-order valence-corrected chi connectivity index (χ2v) is 3.85. The molecule has 0 atom stereocenters. The van der Waals surface area contributed by atoms with Crippen LogP contribution in [0.4, 0.5) is 5.69 Å². The molecule has 0 fully saturated rings. The number of nitrogens with one attached hydrogen (secondary N) is 1. The summed E-state index contributed by atoms with van der Waals surface area (Å²) in [5.41, 5.74) is 3.10. The fourth-order valence-electron chi connectivity index (χ4n) is 1.49. The summed E-state index contributed by atoms with van der Waals surface area (Å²) in [6, 6.07) is 10.7. The van der Waals surface area contributed by atoms with Gasteiger partial charge in [-0.25, -0.2) is 0 Å². The maximum absolute atomic E-state index is 8.62. The topological polar surface area (TPSA) is 81.2 Å². The van der Waals surface area contributed by atoms with Crippen molar-refractivity contribution in [3.8, 4) is 17.9 Å². The van der Waals surface area contributed by atoms with Crippen molar-refractivity contribution in [2.75, 3.05) is 5.43 Å². The molecule has 0 aliphatic heterocycles. The predicted molar refractivity (Wildman–Crippen MR) is 73.7 cm³/mol. The van der Waals surface area contributed by atoms with Crippen molar-refractivity contribution in [2.24, 2.45) is 5.10 Å². The van der Waals surface area contributed by atoms with Gasteiger partial charge in [0.15, 0.2) is 0 Å². The van der Waals surface area contributed by atoms with Crippen LogP contribution in [0.5, 0.6) is 5.75 Å². The van der Waals surface area contributed by atoms with Gasteiger partial charge in [0.2, 0.25) is 5.71 Å². The van der Waals surface area contributed by atoms with E-state index in [1.165, 1.54) is 0 Å². The van der Waals surface area contributed by atoms with Gasteiger partial charge in [0.05, 0.1) is 11.8 Å². The first kappa shape index (κ1) is 14.5. The van der Waals surface area contributed by atoms with E-state index in [0.29, 0.717) is 11.4 Å². The summed E-state index contributed by atoms with van der Waals surface area (Å²) in [5, 5.41) is 21.0. The van der Waals surface area contributed by atoms with Crippen LogP contribution >= 0.6 is 0 Å². The number of nitrogens with zero attached hydrogens (tertiary/aromatic N) is 3. The van der Waals surface area contributed by atoms with E-state index in [-0.39, 0.29) is 11.8 Å². The molecule has 0 heterocycles. The summed E-state index contributed by atoms with van der Waals surface area (Å²) in [6.07, 6.45) is 1.96. The van der Waals surface area contributed by atoms with Crippen molar-refractivity contribution in [1.82, 2.24) is 0 Å². The molecule has 98 valence electrons. The molecule has 5 nitrogen and oxygen atoms in total. The zero-order valence-electron chi connectivity index (χ0n) is 11.1. The first-order chi connectivity index (χ1) is 9.24. The summed E-state index contributed by atoms with van der Waals surface area (Å²) in [6.45, 7) is 4.12. The van der Waals surface area contributed by atoms with Crippen LogP contribution in [-0.2, 0) is 0 Å². The fourth-order valence-corrected chi connectivity index (χ4v) is 1.49. The van der Waals surface area contributed by atoms with Crippen molar-refractivity contribution in [2.45, 2.75) is 32.8 Å². The molecule has 19 heavy (non-hydrogen) atoms. The Morgan fingerprint density at radius 1 is 1.26 bits per heavy atom. The molecule has 0 aromatic heterocycles. The van der Waals surface area contributed by atoms with E-state index in [2.05, 4.69) is 24.4 Å². The molecule has 0 amide bonds. The first-order valence-electron chi connectivity index (χ1n) is 6.14. The summed E-state index contributed by atoms with van der Waals surface area (Å²) in [7, 11) is 0. The first-order valence-corrected chi connectivity index (χ1v) is 6.14. The van der Waals surface area contributed by atoms with Crippen molar-refractivity contribution in [1.29, 1.82) is 10.5 Å². The Kier molecular flexibility index (Phi) is 5.91. The zero-order chi connectivity index (χ0) is 14.1. The second kappa shape index (κ2) is 7.73. The normalized spacial score (nSPS) is 9.32. The van der Waals surface area contributed by atoms with Gasteiger partial charge in [0, 0.05) is 0 Å². The zero-order valence-corrected chi connectivity index (χ0v) is 11.1. The lowest BCUT2D eigenvalue weighted by atomic mass is 10.2. The van der Waals surface area contributed by atoms with Crippen molar-refractivity contribution in [3.63, 3.8) is 0 Å². The highest BCUT2D eigenvalue weighted by Crippen LogP contribution is 2.26. The molecule has 0 saturated heterocycles. The lowest BCUT2D eigenvalue weighted by Gasteiger charge is -2.17. The highest BCUT2D eigenvalue weighted by Gasteiger charge is 2.08. The lowest BCUT2D eigenvalue weighted by molar-refractivity contribution is 0.194. The molecule has 0 aliphatic carbocycles. The molecule has 0 bridgehead atoms. The van der Waals surface area contributed by atoms with E-state index >= 15 is 0 Å². The molecule has 1 N–H and O–H groups in total. The van der Waals surface area contributed by atoms with E-state index in [4.69, 9.17) is 15.3 Å². The Labute approximate surface area is 113 Å². The molecule has 5 heteroatoms. The molecular weight excluding hydrogens is 240 g/mol. The quantitative estimate of drug-likeness (QED) is 0.626. The minimum atomic E-state index is -0.225. The predicted octanol–water partition coefficient (Wildman–Crippen LogP) is 3.07. The van der Waals surface area contributed by atoms with Gasteiger partial charge in [-0.2, -0.15) is 15.6 Å². The molecule has 0 saturated carbocycles. The molecular formula is C14H16N4O. The van der Waals surface area contributed by atoms with Gasteiger partial charge in [0.25, 0.3) is 0 Å². The average molecular weight is 256 g/mol. The number of hydrazone groups is 1. The smallest absolute Gasteiger partial charge is 0.237 e. The van der Waals surface area contributed by atoms with Gasteiger partial charge >= 0.3 is 0 Å². The van der Waals surface area contributed by atoms with Gasteiger partial charge in [-0.05, 0) is 25.0 Å². The van der Waals surface area contributed by atoms with Gasteiger partial charge in [-0.15, -0.1) is 0 Å². The molecule has 0 radical (unpaired) electrons. The van der Waals surface area contributed by atoms with Crippen molar-refractivity contribution in [3.05, 3.63) is 24.3 Å². The van der Waals surface area contributed by atoms with Crippen LogP contribution in [0, 0.1) is 22.7 Å². The van der Waals surface area contributed by atoms with Crippen molar-refractivity contribution < 1.29 is 4.74 Å². The van der Waals surface area contributed by atoms with Crippen LogP contribution < -0.4 is 10.2 Å². The third kappa shape index (κ3) is 4.33. The number of benzene rings is 1. The van der Waals surface area contributed by atoms with Crippen LogP contribution in [-0.4, -0.2) is 11.8 Å². The maximum atomic E-state index is 8.62. The average Bonchev–Trinajstić information content (AvgIpc) is 2.47. The lowest BCUT2D eigenvalue weighted by Crippen LogP contribution is -2.14. The van der Waals surface area contributed by atoms with Crippen LogP contribution in [0.3, 0.4) is 0 Å². The monoisotopic (exact) mass is 256 g/mol. The number of ether oxygens (including phenoxy) is 1. The van der Waals surface area contributed by atoms with Gasteiger partial charge in [-0.1, -0.05) is 26.0 Å². The minimum Gasteiger partial charge on any atom is -0.488 e. The van der Waals surface area contributed by atoms with E-state index in [1.807, 2.05) is 18.2 Å². The molecule has 1 aromatic rings. The largest absolute Gasteiger partial charge is 0.488 e. The second-order valence-electron chi connectivity index (χ2n) is 3.85. The van der Waals surface area contributed by atoms with E-state index < -0.39 is 0 Å². The number of hydrogen-bond donors (Lipinski definition) is 1. The Balaban J connectivity index is 2.88. The Morgan fingerprint density at radius 2 is 1.89 bits per heavy atom. The number of anilines is 1. The molecule has 1 rings (SSSR count). The standard InChI is InChI=1S/C14H16N4O/c1-3-12(4-2)19-14-8-6-5-7-13(14)18-17-11(9-15)10-16/h5-8,12,18H,3-4H2,1-2H3. The Bertz CT molecular complexity index is 505. The summed E-state index contributed by atoms with van der Waals surface area (Å²) >= 11 is 0. The Hall–Kier alpha value is -2.53. The highest BCUT2D eigenvalue weighted by atomic mass is 16.5. The maximum Gasteiger partial charge on any atom is 0.237 e. The van der Waals surface area contributed by atoms with Gasteiger partial charge in [0.1, 0.15) is 17.9 Å². The highest BCUT2D eigenvalue weighted by molar-refractivity contribution is 6.10. The number of nitriles is 2. The minimum absolute atomic E-state index is 0.137. The summed E-state index contributed by atoms with van der Waals surface area (Å²) < 4.78 is 5.85. The number of rotatable bonds is 6. The van der Waals surface area contributed by atoms with E-state index in [9.17, 15) is 0 Å².